The molecule has 2 rings (SSSR count). The van der Waals surface area contributed by atoms with E-state index in [0.29, 0.717) is 5.75 Å². The van der Waals surface area contributed by atoms with Gasteiger partial charge in [0.15, 0.2) is 0 Å². The first-order valence-electron chi connectivity index (χ1n) is 4.57. The second-order valence-corrected chi connectivity index (χ2v) is 2.97. The van der Waals surface area contributed by atoms with Crippen LogP contribution in [-0.2, 0) is 0 Å². The number of imidazole rings is 1. The molecular formula is C10H10N4O2. The minimum atomic E-state index is -0.691. The first-order valence-corrected chi connectivity index (χ1v) is 4.57. The average molecular weight is 218 g/mol. The van der Waals surface area contributed by atoms with E-state index in [-0.39, 0.29) is 0 Å². The zero-order chi connectivity index (χ0) is 11.4. The van der Waals surface area contributed by atoms with Gasteiger partial charge in [-0.1, -0.05) is 18.2 Å². The van der Waals surface area contributed by atoms with Crippen LogP contribution >= 0.6 is 0 Å². The zero-order valence-electron chi connectivity index (χ0n) is 8.35. The molecule has 0 unspecified atom stereocenters. The third kappa shape index (κ3) is 2.18. The topological polar surface area (TPSA) is 73.4 Å². The van der Waals surface area contributed by atoms with E-state index in [1.54, 1.807) is 24.3 Å². The highest BCUT2D eigenvalue weighted by molar-refractivity contribution is 5.79. The number of aromatic nitrogens is 2. The lowest BCUT2D eigenvalue weighted by Gasteiger charge is -2.15. The number of carbonyl (C=O) groups is 1. The maximum absolute atomic E-state index is 11.5. The van der Waals surface area contributed by atoms with Crippen LogP contribution < -0.4 is 15.7 Å². The molecule has 16 heavy (non-hydrogen) atoms. The molecule has 2 N–H and O–H groups in total. The van der Waals surface area contributed by atoms with Crippen molar-refractivity contribution in [3.05, 3.63) is 49.1 Å². The van der Waals surface area contributed by atoms with Gasteiger partial charge in [0, 0.05) is 12.4 Å². The van der Waals surface area contributed by atoms with Crippen LogP contribution in [0.4, 0.5) is 4.79 Å². The Morgan fingerprint density at radius 3 is 2.75 bits per heavy atom. The Balaban J connectivity index is 2.04. The average Bonchev–Trinajstić information content (AvgIpc) is 2.83. The number of nitrogens with two attached hydrogens (primary N) is 1. The maximum atomic E-state index is 11.5. The van der Waals surface area contributed by atoms with Crippen LogP contribution in [0.1, 0.15) is 0 Å². The monoisotopic (exact) mass is 218 g/mol. The molecule has 0 fully saturated rings. The highest BCUT2D eigenvalue weighted by atomic mass is 16.6. The molecule has 0 bridgehead atoms. The molecule has 0 saturated carbocycles. The number of benzene rings is 1. The van der Waals surface area contributed by atoms with Crippen LogP contribution in [0.25, 0.3) is 0 Å². The Morgan fingerprint density at radius 1 is 1.38 bits per heavy atom. The van der Waals surface area contributed by atoms with Gasteiger partial charge >= 0.3 is 6.09 Å². The summed E-state index contributed by atoms with van der Waals surface area (Å²) < 4.78 is 6.32. The predicted molar refractivity (Wildman–Crippen MR) is 57.1 cm³/mol. The van der Waals surface area contributed by atoms with Crippen molar-refractivity contribution >= 4 is 6.09 Å². The molecule has 0 saturated heterocycles. The minimum Gasteiger partial charge on any atom is -0.408 e. The van der Waals surface area contributed by atoms with E-state index in [9.17, 15) is 4.79 Å². The molecule has 0 aliphatic carbocycles. The molecule has 6 nitrogen and oxygen atoms in total. The summed E-state index contributed by atoms with van der Waals surface area (Å²) in [4.78, 5) is 15.3. The van der Waals surface area contributed by atoms with Crippen molar-refractivity contribution in [1.29, 1.82) is 0 Å². The van der Waals surface area contributed by atoms with Crippen molar-refractivity contribution in [2.75, 3.05) is 5.12 Å². The maximum Gasteiger partial charge on any atom is 0.449 e. The summed E-state index contributed by atoms with van der Waals surface area (Å²) in [6.07, 6.45) is 3.75. The fraction of sp³-hybridized carbons (Fsp3) is 0. The standard InChI is InChI=1S/C10H10N4O2/c11-14(13-7-6-12-8-13)10(15)16-9-4-2-1-3-5-9/h1-8H,11H2. The second-order valence-electron chi connectivity index (χ2n) is 2.97. The number of ether oxygens (including phenoxy) is 1. The highest BCUT2D eigenvalue weighted by Crippen LogP contribution is 2.08. The predicted octanol–water partition coefficient (Wildman–Crippen LogP) is 0.894. The Kier molecular flexibility index (Phi) is 2.84. The largest absolute Gasteiger partial charge is 0.449 e. The van der Waals surface area contributed by atoms with Gasteiger partial charge in [-0.3, -0.25) is 0 Å². The van der Waals surface area contributed by atoms with E-state index in [1.165, 1.54) is 23.4 Å². The minimum absolute atomic E-state index is 0.433. The molecule has 1 amide bonds. The lowest BCUT2D eigenvalue weighted by molar-refractivity contribution is 0.200. The van der Waals surface area contributed by atoms with Gasteiger partial charge in [-0.05, 0) is 12.1 Å². The van der Waals surface area contributed by atoms with Crippen LogP contribution in [0.3, 0.4) is 0 Å². The van der Waals surface area contributed by atoms with Gasteiger partial charge in [-0.15, -0.1) is 5.12 Å². The Labute approximate surface area is 91.8 Å². The lowest BCUT2D eigenvalue weighted by atomic mass is 10.3. The van der Waals surface area contributed by atoms with E-state index >= 15 is 0 Å². The molecule has 1 heterocycles. The summed E-state index contributed by atoms with van der Waals surface area (Å²) in [5.74, 6) is 5.95. The number of hydrogen-bond acceptors (Lipinski definition) is 4. The normalized spacial score (nSPS) is 9.81. The second kappa shape index (κ2) is 4.45. The van der Waals surface area contributed by atoms with E-state index in [1.807, 2.05) is 6.07 Å². The van der Waals surface area contributed by atoms with Crippen LogP contribution in [-0.4, -0.2) is 15.8 Å². The van der Waals surface area contributed by atoms with Crippen molar-refractivity contribution in [2.24, 2.45) is 5.84 Å². The Bertz CT molecular complexity index is 455. The van der Waals surface area contributed by atoms with Crippen LogP contribution in [0, 0.1) is 0 Å². The van der Waals surface area contributed by atoms with Gasteiger partial charge in [0.1, 0.15) is 12.1 Å². The molecule has 0 aliphatic rings. The third-order valence-corrected chi connectivity index (χ3v) is 1.87. The number of amides is 1. The van der Waals surface area contributed by atoms with Gasteiger partial charge in [0.2, 0.25) is 0 Å². The van der Waals surface area contributed by atoms with Crippen molar-refractivity contribution < 1.29 is 9.53 Å². The molecule has 0 aliphatic heterocycles. The van der Waals surface area contributed by atoms with Gasteiger partial charge in [0.25, 0.3) is 0 Å². The van der Waals surface area contributed by atoms with Crippen molar-refractivity contribution in [1.82, 2.24) is 9.66 Å². The SMILES string of the molecule is NN(C(=O)Oc1ccccc1)n1ccnc1. The lowest BCUT2D eigenvalue weighted by Crippen LogP contribution is -2.47. The van der Waals surface area contributed by atoms with Crippen molar-refractivity contribution in [2.45, 2.75) is 0 Å². The highest BCUT2D eigenvalue weighted by Gasteiger charge is 2.12. The Morgan fingerprint density at radius 2 is 2.12 bits per heavy atom. The van der Waals surface area contributed by atoms with Gasteiger partial charge in [-0.25, -0.2) is 20.3 Å². The smallest absolute Gasteiger partial charge is 0.408 e. The number of hydrogen-bond donors (Lipinski definition) is 1. The quantitative estimate of drug-likeness (QED) is 0.461. The number of carbonyl (C=O) groups excluding carboxylic acids is 1. The number of para-hydroxylation sites is 1. The summed E-state index contributed by atoms with van der Waals surface area (Å²) in [6, 6.07) is 8.69. The zero-order valence-corrected chi connectivity index (χ0v) is 8.35. The van der Waals surface area contributed by atoms with Crippen LogP contribution in [0.5, 0.6) is 5.75 Å². The molecule has 0 radical (unpaired) electrons. The summed E-state index contributed by atoms with van der Waals surface area (Å²) in [6.45, 7) is 0. The van der Waals surface area contributed by atoms with Gasteiger partial charge in [-0.2, -0.15) is 0 Å². The molecular weight excluding hydrogens is 208 g/mol. The van der Waals surface area contributed by atoms with E-state index in [0.717, 1.165) is 5.12 Å². The molecule has 82 valence electrons. The summed E-state index contributed by atoms with van der Waals surface area (Å²) in [5.41, 5.74) is 0. The van der Waals surface area contributed by atoms with Crippen molar-refractivity contribution in [3.8, 4) is 5.75 Å². The first-order chi connectivity index (χ1) is 7.77. The van der Waals surface area contributed by atoms with E-state index in [4.69, 9.17) is 10.6 Å². The summed E-state index contributed by atoms with van der Waals surface area (Å²) in [5, 5.41) is 0.819. The van der Waals surface area contributed by atoms with Crippen molar-refractivity contribution in [3.63, 3.8) is 0 Å². The molecule has 2 aromatic rings. The molecule has 1 aromatic heterocycles. The number of nitrogens with zero attached hydrogens (tertiary/aromatic N) is 3. The summed E-state index contributed by atoms with van der Waals surface area (Å²) >= 11 is 0. The molecule has 1 aromatic carbocycles. The molecule has 0 atom stereocenters. The Hall–Kier alpha value is -2.34. The third-order valence-electron chi connectivity index (χ3n) is 1.87. The van der Waals surface area contributed by atoms with E-state index < -0.39 is 6.09 Å². The fourth-order valence-electron chi connectivity index (χ4n) is 1.11. The van der Waals surface area contributed by atoms with Crippen LogP contribution in [0.15, 0.2) is 49.1 Å². The van der Waals surface area contributed by atoms with E-state index in [2.05, 4.69) is 4.98 Å². The van der Waals surface area contributed by atoms with Crippen LogP contribution in [0.2, 0.25) is 0 Å². The molecule has 6 heteroatoms. The van der Waals surface area contributed by atoms with Gasteiger partial charge in [0.05, 0.1) is 0 Å². The molecule has 0 spiro atoms. The number of hydrazine groups is 1. The fourth-order valence-corrected chi connectivity index (χ4v) is 1.11. The number of rotatable bonds is 2. The van der Waals surface area contributed by atoms with Gasteiger partial charge < -0.3 is 4.74 Å². The summed E-state index contributed by atoms with van der Waals surface area (Å²) in [7, 11) is 0. The first kappa shape index (κ1) is 10.2.